The lowest BCUT2D eigenvalue weighted by atomic mass is 10.1. The topological polar surface area (TPSA) is 20.2 Å². The molecule has 72 valence electrons. The molecule has 1 aromatic rings. The van der Waals surface area contributed by atoms with Gasteiger partial charge in [0.25, 0.3) is 0 Å². The molecule has 0 unspecified atom stereocenters. The molecule has 1 rings (SSSR count). The van der Waals surface area contributed by atoms with Gasteiger partial charge in [-0.1, -0.05) is 39.0 Å². The molecule has 0 spiro atoms. The second-order valence-corrected chi connectivity index (χ2v) is 2.96. The van der Waals surface area contributed by atoms with Crippen molar-refractivity contribution in [3.8, 4) is 5.75 Å². The molecule has 0 saturated carbocycles. The van der Waals surface area contributed by atoms with Gasteiger partial charge in [-0.25, -0.2) is 0 Å². The van der Waals surface area contributed by atoms with E-state index in [1.165, 1.54) is 6.42 Å². The number of phenolic OH excluding ortho intramolecular Hbond substituents is 1. The van der Waals surface area contributed by atoms with Gasteiger partial charge in [0, 0.05) is 0 Å². The Morgan fingerprint density at radius 3 is 2.31 bits per heavy atom. The molecule has 1 heteroatoms. The highest BCUT2D eigenvalue weighted by Crippen LogP contribution is 2.16. The van der Waals surface area contributed by atoms with Gasteiger partial charge in [0.15, 0.2) is 0 Å². The van der Waals surface area contributed by atoms with Crippen molar-refractivity contribution in [2.45, 2.75) is 27.2 Å². The third-order valence-corrected chi connectivity index (χ3v) is 1.46. The zero-order valence-electron chi connectivity index (χ0n) is 8.67. The summed E-state index contributed by atoms with van der Waals surface area (Å²) in [4.78, 5) is 0. The molecule has 0 aliphatic rings. The Labute approximate surface area is 80.7 Å². The summed E-state index contributed by atoms with van der Waals surface area (Å²) >= 11 is 0. The normalized spacial score (nSPS) is 8.54. The van der Waals surface area contributed by atoms with Crippen LogP contribution in [0.2, 0.25) is 0 Å². The monoisotopic (exact) mass is 178 g/mol. The number of hydrogen-bond donors (Lipinski definition) is 1. The molecular weight excluding hydrogens is 160 g/mol. The highest BCUT2D eigenvalue weighted by atomic mass is 16.3. The van der Waals surface area contributed by atoms with E-state index in [0.29, 0.717) is 5.75 Å². The van der Waals surface area contributed by atoms with E-state index in [4.69, 9.17) is 5.11 Å². The lowest BCUT2D eigenvalue weighted by Crippen LogP contribution is -1.75. The lowest BCUT2D eigenvalue weighted by Gasteiger charge is -1.97. The Morgan fingerprint density at radius 2 is 1.92 bits per heavy atom. The van der Waals surface area contributed by atoms with E-state index < -0.39 is 0 Å². The summed E-state index contributed by atoms with van der Waals surface area (Å²) < 4.78 is 0. The van der Waals surface area contributed by atoms with E-state index in [1.807, 2.05) is 19.1 Å². The van der Waals surface area contributed by atoms with Crippen LogP contribution >= 0.6 is 0 Å². The minimum Gasteiger partial charge on any atom is -0.508 e. The molecule has 0 radical (unpaired) electrons. The molecule has 0 aromatic heterocycles. The third-order valence-electron chi connectivity index (χ3n) is 1.46. The second-order valence-electron chi connectivity index (χ2n) is 2.96. The first-order valence-corrected chi connectivity index (χ1v) is 4.57. The van der Waals surface area contributed by atoms with Crippen LogP contribution in [0.15, 0.2) is 24.8 Å². The predicted molar refractivity (Wildman–Crippen MR) is 58.9 cm³/mol. The van der Waals surface area contributed by atoms with Crippen molar-refractivity contribution in [1.29, 1.82) is 0 Å². The Balaban J connectivity index is 0.000000424. The van der Waals surface area contributed by atoms with E-state index in [-0.39, 0.29) is 0 Å². The van der Waals surface area contributed by atoms with Gasteiger partial charge in [0.2, 0.25) is 0 Å². The molecule has 0 atom stereocenters. The van der Waals surface area contributed by atoms with Crippen molar-refractivity contribution in [3.05, 3.63) is 35.9 Å². The van der Waals surface area contributed by atoms with E-state index in [0.717, 1.165) is 11.1 Å². The van der Waals surface area contributed by atoms with E-state index in [9.17, 15) is 0 Å². The van der Waals surface area contributed by atoms with Crippen molar-refractivity contribution in [3.63, 3.8) is 0 Å². The highest BCUT2D eigenvalue weighted by Gasteiger charge is 1.93. The third kappa shape index (κ3) is 4.36. The Morgan fingerprint density at radius 1 is 1.38 bits per heavy atom. The summed E-state index contributed by atoms with van der Waals surface area (Å²) in [6.45, 7) is 9.73. The van der Waals surface area contributed by atoms with Crippen molar-refractivity contribution in [2.24, 2.45) is 0 Å². The molecule has 0 fully saturated rings. The van der Waals surface area contributed by atoms with Crippen molar-refractivity contribution >= 4 is 6.08 Å². The SMILES string of the molecule is C=Cc1ccc(O)c(C)c1.CCC. The maximum atomic E-state index is 9.10. The van der Waals surface area contributed by atoms with Crippen LogP contribution in [-0.4, -0.2) is 5.11 Å². The summed E-state index contributed by atoms with van der Waals surface area (Å²) in [5, 5.41) is 9.10. The Hall–Kier alpha value is -1.24. The maximum Gasteiger partial charge on any atom is 0.118 e. The molecule has 0 aliphatic carbocycles. The number of rotatable bonds is 1. The fourth-order valence-electron chi connectivity index (χ4n) is 0.806. The average molecular weight is 178 g/mol. The van der Waals surface area contributed by atoms with Gasteiger partial charge in [-0.2, -0.15) is 0 Å². The van der Waals surface area contributed by atoms with Gasteiger partial charge in [0.1, 0.15) is 5.75 Å². The summed E-state index contributed by atoms with van der Waals surface area (Å²) in [7, 11) is 0. The maximum absolute atomic E-state index is 9.10. The van der Waals surface area contributed by atoms with E-state index in [1.54, 1.807) is 12.1 Å². The van der Waals surface area contributed by atoms with Crippen LogP contribution < -0.4 is 0 Å². The first-order chi connectivity index (χ1) is 6.15. The van der Waals surface area contributed by atoms with E-state index in [2.05, 4.69) is 20.4 Å². The van der Waals surface area contributed by atoms with Crippen LogP contribution in [0.3, 0.4) is 0 Å². The molecule has 1 nitrogen and oxygen atoms in total. The summed E-state index contributed by atoms with van der Waals surface area (Å²) in [6.07, 6.45) is 3.01. The molecule has 1 aromatic carbocycles. The van der Waals surface area contributed by atoms with Crippen LogP contribution in [-0.2, 0) is 0 Å². The molecule has 13 heavy (non-hydrogen) atoms. The fourth-order valence-corrected chi connectivity index (χ4v) is 0.806. The zero-order valence-corrected chi connectivity index (χ0v) is 8.67. The first kappa shape index (κ1) is 11.8. The standard InChI is InChI=1S/C9H10O.C3H8/c1-3-8-4-5-9(10)7(2)6-8;1-3-2/h3-6,10H,1H2,2H3;3H2,1-2H3. The van der Waals surface area contributed by atoms with Gasteiger partial charge in [-0.15, -0.1) is 0 Å². The average Bonchev–Trinajstić information content (AvgIpc) is 2.11. The van der Waals surface area contributed by atoms with Crippen LogP contribution in [0, 0.1) is 6.92 Å². The van der Waals surface area contributed by atoms with Crippen molar-refractivity contribution in [1.82, 2.24) is 0 Å². The molecule has 0 amide bonds. The summed E-state index contributed by atoms with van der Waals surface area (Å²) in [6, 6.07) is 5.39. The number of benzene rings is 1. The van der Waals surface area contributed by atoms with E-state index >= 15 is 0 Å². The van der Waals surface area contributed by atoms with Crippen molar-refractivity contribution < 1.29 is 5.11 Å². The number of hydrogen-bond acceptors (Lipinski definition) is 1. The largest absolute Gasteiger partial charge is 0.508 e. The van der Waals surface area contributed by atoms with Gasteiger partial charge >= 0.3 is 0 Å². The van der Waals surface area contributed by atoms with Gasteiger partial charge in [-0.3, -0.25) is 0 Å². The summed E-state index contributed by atoms with van der Waals surface area (Å²) in [5.74, 6) is 0.339. The first-order valence-electron chi connectivity index (χ1n) is 4.57. The number of aryl methyl sites for hydroxylation is 1. The van der Waals surface area contributed by atoms with Gasteiger partial charge in [0.05, 0.1) is 0 Å². The smallest absolute Gasteiger partial charge is 0.118 e. The summed E-state index contributed by atoms with van der Waals surface area (Å²) in [5.41, 5.74) is 1.92. The molecule has 0 saturated heterocycles. The fraction of sp³-hybridized carbons (Fsp3) is 0.333. The van der Waals surface area contributed by atoms with Crippen LogP contribution in [0.4, 0.5) is 0 Å². The van der Waals surface area contributed by atoms with Crippen molar-refractivity contribution in [2.75, 3.05) is 0 Å². The quantitative estimate of drug-likeness (QED) is 0.694. The highest BCUT2D eigenvalue weighted by molar-refractivity contribution is 5.50. The molecule has 0 heterocycles. The Kier molecular flexibility index (Phi) is 5.69. The predicted octanol–water partition coefficient (Wildman–Crippen LogP) is 3.76. The van der Waals surface area contributed by atoms with Crippen LogP contribution in [0.25, 0.3) is 6.08 Å². The Bertz CT molecular complexity index is 264. The molecule has 0 aliphatic heterocycles. The lowest BCUT2D eigenvalue weighted by molar-refractivity contribution is 0.471. The number of phenols is 1. The van der Waals surface area contributed by atoms with Crippen LogP contribution in [0.5, 0.6) is 5.75 Å². The van der Waals surface area contributed by atoms with Gasteiger partial charge in [-0.05, 0) is 30.2 Å². The minimum absolute atomic E-state index is 0.339. The number of aromatic hydroxyl groups is 1. The molecule has 1 N–H and O–H groups in total. The minimum atomic E-state index is 0.339. The second kappa shape index (κ2) is 6.30. The zero-order chi connectivity index (χ0) is 10.3. The van der Waals surface area contributed by atoms with Crippen LogP contribution in [0.1, 0.15) is 31.4 Å². The molecule has 0 bridgehead atoms. The van der Waals surface area contributed by atoms with Gasteiger partial charge < -0.3 is 5.11 Å². The molecular formula is C12H18O.